The molecule has 0 spiro atoms. The highest BCUT2D eigenvalue weighted by Gasteiger charge is 2.26. The molecule has 0 saturated carbocycles. The van der Waals surface area contributed by atoms with Gasteiger partial charge in [0.25, 0.3) is 0 Å². The van der Waals surface area contributed by atoms with E-state index in [4.69, 9.17) is 5.73 Å². The van der Waals surface area contributed by atoms with E-state index in [1.54, 1.807) is 6.20 Å². The molecule has 1 fully saturated rings. The van der Waals surface area contributed by atoms with Crippen LogP contribution in [0, 0.1) is 5.92 Å². The Balaban J connectivity index is 1.87. The first kappa shape index (κ1) is 10.1. The highest BCUT2D eigenvalue weighted by atomic mass is 16.1. The van der Waals surface area contributed by atoms with Gasteiger partial charge in [0.05, 0.1) is 17.6 Å². The number of fused-ring (bicyclic) bond motifs is 1. The molecule has 1 atom stereocenters. The summed E-state index contributed by atoms with van der Waals surface area (Å²) < 4.78 is 0. The second-order valence-electron chi connectivity index (χ2n) is 4.48. The van der Waals surface area contributed by atoms with Gasteiger partial charge < -0.3 is 10.6 Å². The largest absolute Gasteiger partial charge is 0.371 e. The first-order valence-electron chi connectivity index (χ1n) is 5.71. The van der Waals surface area contributed by atoms with Crippen molar-refractivity contribution in [3.8, 4) is 0 Å². The van der Waals surface area contributed by atoms with Gasteiger partial charge >= 0.3 is 0 Å². The molecule has 1 amide bonds. The van der Waals surface area contributed by atoms with E-state index in [-0.39, 0.29) is 11.8 Å². The number of anilines is 1. The van der Waals surface area contributed by atoms with Crippen LogP contribution in [0.15, 0.2) is 24.4 Å². The lowest BCUT2D eigenvalue weighted by atomic mass is 10.1. The van der Waals surface area contributed by atoms with Gasteiger partial charge in [-0.3, -0.25) is 9.89 Å². The van der Waals surface area contributed by atoms with Crippen LogP contribution in [0.1, 0.15) is 6.42 Å². The number of hydrogen-bond acceptors (Lipinski definition) is 3. The minimum atomic E-state index is -0.197. The quantitative estimate of drug-likeness (QED) is 0.804. The summed E-state index contributed by atoms with van der Waals surface area (Å²) in [5, 5.41) is 8.00. The molecule has 88 valence electrons. The van der Waals surface area contributed by atoms with E-state index in [1.165, 1.54) is 0 Å². The number of nitrogens with one attached hydrogen (secondary N) is 1. The summed E-state index contributed by atoms with van der Waals surface area (Å²) in [6.07, 6.45) is 2.65. The molecule has 1 saturated heterocycles. The summed E-state index contributed by atoms with van der Waals surface area (Å²) in [6.45, 7) is 1.61. The Morgan fingerprint density at radius 2 is 2.41 bits per heavy atom. The zero-order chi connectivity index (χ0) is 11.8. The predicted molar refractivity (Wildman–Crippen MR) is 65.6 cm³/mol. The fourth-order valence-corrected chi connectivity index (χ4v) is 2.35. The van der Waals surface area contributed by atoms with Gasteiger partial charge in [-0.1, -0.05) is 0 Å². The van der Waals surface area contributed by atoms with Crippen molar-refractivity contribution < 1.29 is 4.79 Å². The minimum absolute atomic E-state index is 0.0185. The maximum absolute atomic E-state index is 11.1. The summed E-state index contributed by atoms with van der Waals surface area (Å²) in [6, 6.07) is 6.14. The van der Waals surface area contributed by atoms with Gasteiger partial charge in [-0.15, -0.1) is 0 Å². The van der Waals surface area contributed by atoms with Crippen molar-refractivity contribution in [2.45, 2.75) is 6.42 Å². The second kappa shape index (κ2) is 3.76. The molecule has 3 N–H and O–H groups in total. The number of aromatic amines is 1. The molecule has 0 aliphatic carbocycles. The number of benzene rings is 1. The number of carbonyl (C=O) groups excluding carboxylic acids is 1. The van der Waals surface area contributed by atoms with Crippen LogP contribution in [-0.4, -0.2) is 29.2 Å². The van der Waals surface area contributed by atoms with Crippen molar-refractivity contribution in [2.24, 2.45) is 11.7 Å². The molecule has 17 heavy (non-hydrogen) atoms. The third-order valence-corrected chi connectivity index (χ3v) is 3.38. The zero-order valence-corrected chi connectivity index (χ0v) is 9.39. The normalized spacial score (nSPS) is 20.0. The first-order valence-corrected chi connectivity index (χ1v) is 5.71. The Hall–Kier alpha value is -2.04. The topological polar surface area (TPSA) is 75.0 Å². The fourth-order valence-electron chi connectivity index (χ4n) is 2.35. The molecule has 0 bridgehead atoms. The van der Waals surface area contributed by atoms with Gasteiger partial charge in [-0.25, -0.2) is 0 Å². The number of carbonyl (C=O) groups is 1. The molecule has 0 radical (unpaired) electrons. The van der Waals surface area contributed by atoms with Crippen LogP contribution in [0.5, 0.6) is 0 Å². The molecule has 5 nitrogen and oxygen atoms in total. The average molecular weight is 230 g/mol. The van der Waals surface area contributed by atoms with Crippen LogP contribution in [0.3, 0.4) is 0 Å². The van der Waals surface area contributed by atoms with Crippen LogP contribution >= 0.6 is 0 Å². The van der Waals surface area contributed by atoms with Crippen molar-refractivity contribution in [3.63, 3.8) is 0 Å². The summed E-state index contributed by atoms with van der Waals surface area (Å²) in [4.78, 5) is 13.3. The summed E-state index contributed by atoms with van der Waals surface area (Å²) in [5.74, 6) is -0.216. The van der Waals surface area contributed by atoms with E-state index in [0.717, 1.165) is 36.1 Å². The molecule has 3 rings (SSSR count). The maximum atomic E-state index is 11.1. The summed E-state index contributed by atoms with van der Waals surface area (Å²) >= 11 is 0. The number of nitrogens with two attached hydrogens (primary N) is 1. The van der Waals surface area contributed by atoms with Gasteiger partial charge in [0.1, 0.15) is 0 Å². The fraction of sp³-hybridized carbons (Fsp3) is 0.333. The number of primary amides is 1. The first-order chi connectivity index (χ1) is 8.24. The van der Waals surface area contributed by atoms with Crippen molar-refractivity contribution in [2.75, 3.05) is 18.0 Å². The molecule has 1 aliphatic heterocycles. The van der Waals surface area contributed by atoms with E-state index in [0.29, 0.717) is 0 Å². The summed E-state index contributed by atoms with van der Waals surface area (Å²) in [7, 11) is 0. The number of hydrogen-bond donors (Lipinski definition) is 2. The molecule has 2 aromatic rings. The Labute approximate surface area is 98.6 Å². The lowest BCUT2D eigenvalue weighted by Crippen LogP contribution is -2.27. The van der Waals surface area contributed by atoms with Gasteiger partial charge in [0.2, 0.25) is 5.91 Å². The molecular weight excluding hydrogens is 216 g/mol. The summed E-state index contributed by atoms with van der Waals surface area (Å²) in [5.41, 5.74) is 7.49. The van der Waals surface area contributed by atoms with Crippen molar-refractivity contribution >= 4 is 22.5 Å². The SMILES string of the molecule is NC(=O)C1CCN(c2ccc3[nH]ncc3c2)C1. The number of amides is 1. The molecule has 2 heterocycles. The maximum Gasteiger partial charge on any atom is 0.222 e. The number of H-pyrrole nitrogens is 1. The monoisotopic (exact) mass is 230 g/mol. The Kier molecular flexibility index (Phi) is 2.24. The Morgan fingerprint density at radius 3 is 3.18 bits per heavy atom. The Morgan fingerprint density at radius 1 is 1.53 bits per heavy atom. The molecule has 5 heteroatoms. The van der Waals surface area contributed by atoms with Crippen LogP contribution in [-0.2, 0) is 4.79 Å². The number of aromatic nitrogens is 2. The van der Waals surface area contributed by atoms with Gasteiger partial charge in [0, 0.05) is 24.2 Å². The van der Waals surface area contributed by atoms with E-state index in [2.05, 4.69) is 21.2 Å². The van der Waals surface area contributed by atoms with Crippen molar-refractivity contribution in [1.82, 2.24) is 10.2 Å². The number of rotatable bonds is 2. The smallest absolute Gasteiger partial charge is 0.222 e. The molecule has 1 aromatic carbocycles. The molecule has 1 aliphatic rings. The lowest BCUT2D eigenvalue weighted by Gasteiger charge is -2.18. The zero-order valence-electron chi connectivity index (χ0n) is 9.39. The van der Waals surface area contributed by atoms with Crippen LogP contribution in [0.2, 0.25) is 0 Å². The molecular formula is C12H14N4O. The highest BCUT2D eigenvalue weighted by molar-refractivity contribution is 5.83. The highest BCUT2D eigenvalue weighted by Crippen LogP contribution is 2.26. The minimum Gasteiger partial charge on any atom is -0.371 e. The average Bonchev–Trinajstić information content (AvgIpc) is 2.97. The van der Waals surface area contributed by atoms with E-state index in [9.17, 15) is 4.79 Å². The third-order valence-electron chi connectivity index (χ3n) is 3.38. The second-order valence-corrected chi connectivity index (χ2v) is 4.48. The molecule has 1 unspecified atom stereocenters. The number of nitrogens with zero attached hydrogens (tertiary/aromatic N) is 2. The van der Waals surface area contributed by atoms with Gasteiger partial charge in [-0.2, -0.15) is 5.10 Å². The van der Waals surface area contributed by atoms with Crippen LogP contribution in [0.4, 0.5) is 5.69 Å². The van der Waals surface area contributed by atoms with Crippen molar-refractivity contribution in [3.05, 3.63) is 24.4 Å². The predicted octanol–water partition coefficient (Wildman–Crippen LogP) is 0.874. The lowest BCUT2D eigenvalue weighted by molar-refractivity contribution is -0.121. The van der Waals surface area contributed by atoms with E-state index >= 15 is 0 Å². The Bertz CT molecular complexity index is 562. The van der Waals surface area contributed by atoms with Gasteiger partial charge in [0.15, 0.2) is 0 Å². The van der Waals surface area contributed by atoms with E-state index in [1.807, 2.05) is 12.1 Å². The van der Waals surface area contributed by atoms with E-state index < -0.39 is 0 Å². The van der Waals surface area contributed by atoms with Crippen LogP contribution in [0.25, 0.3) is 10.9 Å². The van der Waals surface area contributed by atoms with Gasteiger partial charge in [-0.05, 0) is 24.6 Å². The van der Waals surface area contributed by atoms with Crippen molar-refractivity contribution in [1.29, 1.82) is 0 Å². The third kappa shape index (κ3) is 1.73. The standard InChI is InChI=1S/C12H14N4O/c13-12(17)8-3-4-16(7-8)10-1-2-11-9(5-10)6-14-15-11/h1-2,5-6,8H,3-4,7H2,(H2,13,17)(H,14,15). The molecule has 1 aromatic heterocycles. The van der Waals surface area contributed by atoms with Crippen LogP contribution < -0.4 is 10.6 Å².